The number of ketones is 1. The van der Waals surface area contributed by atoms with Gasteiger partial charge in [-0.1, -0.05) is 24.6 Å². The van der Waals surface area contributed by atoms with E-state index in [0.717, 1.165) is 0 Å². The molecule has 2 aromatic heterocycles. The summed E-state index contributed by atoms with van der Waals surface area (Å²) in [6.07, 6.45) is 1.81. The van der Waals surface area contributed by atoms with Gasteiger partial charge in [-0.05, 0) is 12.1 Å². The first-order valence-electron chi connectivity index (χ1n) is 5.97. The zero-order valence-electron chi connectivity index (χ0n) is 10.7. The SMILES string of the molecule is CCC(=O)c1cnc(Nc2cccc(C#N)n2)cc1Cl. The summed E-state index contributed by atoms with van der Waals surface area (Å²) in [4.78, 5) is 19.8. The van der Waals surface area contributed by atoms with E-state index in [0.29, 0.717) is 34.3 Å². The molecule has 100 valence electrons. The molecule has 0 atom stereocenters. The molecule has 20 heavy (non-hydrogen) atoms. The van der Waals surface area contributed by atoms with E-state index in [1.807, 2.05) is 6.07 Å². The van der Waals surface area contributed by atoms with Crippen molar-refractivity contribution < 1.29 is 4.79 Å². The van der Waals surface area contributed by atoms with Crippen LogP contribution in [0.3, 0.4) is 0 Å². The van der Waals surface area contributed by atoms with Gasteiger partial charge in [-0.2, -0.15) is 5.26 Å². The molecule has 0 bridgehead atoms. The van der Waals surface area contributed by atoms with Gasteiger partial charge in [0, 0.05) is 18.7 Å². The number of carbonyl (C=O) groups is 1. The molecular weight excluding hydrogens is 276 g/mol. The van der Waals surface area contributed by atoms with Gasteiger partial charge < -0.3 is 5.32 Å². The maximum Gasteiger partial charge on any atom is 0.165 e. The standard InChI is InChI=1S/C14H11ClN4O/c1-2-12(20)10-8-17-14(6-11(10)15)19-13-5-3-4-9(7-16)18-13/h3-6,8H,2H2,1H3,(H,17,18,19). The molecule has 5 nitrogen and oxygen atoms in total. The monoisotopic (exact) mass is 286 g/mol. The average molecular weight is 287 g/mol. The third kappa shape index (κ3) is 3.11. The third-order valence-corrected chi connectivity index (χ3v) is 2.91. The Bertz CT molecular complexity index is 694. The first kappa shape index (κ1) is 14.0. The molecular formula is C14H11ClN4O. The van der Waals surface area contributed by atoms with Crippen LogP contribution in [0.25, 0.3) is 0 Å². The topological polar surface area (TPSA) is 78.7 Å². The Morgan fingerprint density at radius 1 is 1.45 bits per heavy atom. The van der Waals surface area contributed by atoms with Gasteiger partial charge in [0.05, 0.1) is 10.6 Å². The highest BCUT2D eigenvalue weighted by atomic mass is 35.5. The Morgan fingerprint density at radius 2 is 2.25 bits per heavy atom. The van der Waals surface area contributed by atoms with E-state index in [1.54, 1.807) is 31.2 Å². The second kappa shape index (κ2) is 6.13. The zero-order chi connectivity index (χ0) is 14.5. The Hall–Kier alpha value is -2.45. The number of anilines is 2. The van der Waals surface area contributed by atoms with Crippen molar-refractivity contribution in [3.05, 3.63) is 46.7 Å². The minimum Gasteiger partial charge on any atom is -0.325 e. The predicted molar refractivity (Wildman–Crippen MR) is 76.1 cm³/mol. The van der Waals surface area contributed by atoms with Gasteiger partial charge >= 0.3 is 0 Å². The van der Waals surface area contributed by atoms with Gasteiger partial charge in [-0.3, -0.25) is 4.79 Å². The van der Waals surface area contributed by atoms with Crippen LogP contribution >= 0.6 is 11.6 Å². The van der Waals surface area contributed by atoms with Crippen LogP contribution in [0.4, 0.5) is 11.6 Å². The Balaban J connectivity index is 2.24. The summed E-state index contributed by atoms with van der Waals surface area (Å²) in [5.41, 5.74) is 0.706. The average Bonchev–Trinajstić information content (AvgIpc) is 2.47. The van der Waals surface area contributed by atoms with E-state index in [4.69, 9.17) is 16.9 Å². The summed E-state index contributed by atoms with van der Waals surface area (Å²) in [5, 5.41) is 12.1. The third-order valence-electron chi connectivity index (χ3n) is 2.59. The fourth-order valence-corrected chi connectivity index (χ4v) is 1.85. The summed E-state index contributed by atoms with van der Waals surface area (Å²) in [6, 6.07) is 8.54. The van der Waals surface area contributed by atoms with Crippen LogP contribution in [0.2, 0.25) is 5.02 Å². The summed E-state index contributed by atoms with van der Waals surface area (Å²) in [7, 11) is 0. The molecule has 2 aromatic rings. The molecule has 0 spiro atoms. The van der Waals surface area contributed by atoms with Gasteiger partial charge in [0.2, 0.25) is 0 Å². The minimum absolute atomic E-state index is 0.0568. The fourth-order valence-electron chi connectivity index (χ4n) is 1.59. The summed E-state index contributed by atoms with van der Waals surface area (Å²) in [5.74, 6) is 0.895. The molecule has 1 N–H and O–H groups in total. The van der Waals surface area contributed by atoms with Crippen molar-refractivity contribution >= 4 is 29.0 Å². The number of Topliss-reactive ketones (excluding diaryl/α,β-unsaturated/α-hetero) is 1. The summed E-state index contributed by atoms with van der Waals surface area (Å²) < 4.78 is 0. The minimum atomic E-state index is -0.0568. The number of nitrogens with one attached hydrogen (secondary N) is 1. The molecule has 0 aliphatic rings. The normalized spacial score (nSPS) is 9.85. The molecule has 0 unspecified atom stereocenters. The van der Waals surface area contributed by atoms with Crippen LogP contribution < -0.4 is 5.32 Å². The second-order valence-electron chi connectivity index (χ2n) is 3.97. The second-order valence-corrected chi connectivity index (χ2v) is 4.38. The number of nitrogens with zero attached hydrogens (tertiary/aromatic N) is 3. The molecule has 0 aromatic carbocycles. The van der Waals surface area contributed by atoms with Gasteiger partial charge in [0.1, 0.15) is 23.4 Å². The lowest BCUT2D eigenvalue weighted by atomic mass is 10.1. The maximum atomic E-state index is 11.6. The lowest BCUT2D eigenvalue weighted by molar-refractivity contribution is 0.0988. The van der Waals surface area contributed by atoms with Crippen molar-refractivity contribution in [2.75, 3.05) is 5.32 Å². The lowest BCUT2D eigenvalue weighted by Gasteiger charge is -2.07. The smallest absolute Gasteiger partial charge is 0.165 e. The first-order valence-corrected chi connectivity index (χ1v) is 6.34. The fraction of sp³-hybridized carbons (Fsp3) is 0.143. The van der Waals surface area contributed by atoms with Crippen LogP contribution in [0.1, 0.15) is 29.4 Å². The summed E-state index contributed by atoms with van der Waals surface area (Å²) >= 11 is 6.05. The molecule has 2 heterocycles. The van der Waals surface area contributed by atoms with Crippen LogP contribution in [0, 0.1) is 11.3 Å². The van der Waals surface area contributed by atoms with E-state index in [2.05, 4.69) is 15.3 Å². The zero-order valence-corrected chi connectivity index (χ0v) is 11.5. The van der Waals surface area contributed by atoms with Crippen molar-refractivity contribution in [3.63, 3.8) is 0 Å². The Labute approximate surface area is 121 Å². The molecule has 0 radical (unpaired) electrons. The van der Waals surface area contributed by atoms with Crippen LogP contribution in [0.5, 0.6) is 0 Å². The number of pyridine rings is 2. The highest BCUT2D eigenvalue weighted by Crippen LogP contribution is 2.21. The molecule has 0 saturated carbocycles. The van der Waals surface area contributed by atoms with Gasteiger partial charge in [-0.15, -0.1) is 0 Å². The largest absolute Gasteiger partial charge is 0.325 e. The molecule has 0 amide bonds. The van der Waals surface area contributed by atoms with E-state index in [1.165, 1.54) is 6.20 Å². The van der Waals surface area contributed by atoms with E-state index >= 15 is 0 Å². The molecule has 6 heteroatoms. The highest BCUT2D eigenvalue weighted by molar-refractivity contribution is 6.34. The number of carbonyl (C=O) groups excluding carboxylic acids is 1. The molecule has 0 aliphatic carbocycles. The van der Waals surface area contributed by atoms with Crippen molar-refractivity contribution in [1.29, 1.82) is 5.26 Å². The number of rotatable bonds is 4. The number of aromatic nitrogens is 2. The van der Waals surface area contributed by atoms with Gasteiger partial charge in [0.25, 0.3) is 0 Å². The number of nitriles is 1. The molecule has 0 saturated heterocycles. The van der Waals surface area contributed by atoms with Gasteiger partial charge in [0.15, 0.2) is 5.78 Å². The lowest BCUT2D eigenvalue weighted by Crippen LogP contribution is -2.02. The van der Waals surface area contributed by atoms with Crippen molar-refractivity contribution in [1.82, 2.24) is 9.97 Å². The molecule has 0 aliphatic heterocycles. The maximum absolute atomic E-state index is 11.6. The molecule has 2 rings (SSSR count). The van der Waals surface area contributed by atoms with Crippen LogP contribution in [-0.2, 0) is 0 Å². The molecule has 0 fully saturated rings. The van der Waals surface area contributed by atoms with Crippen LogP contribution in [-0.4, -0.2) is 15.8 Å². The van der Waals surface area contributed by atoms with E-state index < -0.39 is 0 Å². The van der Waals surface area contributed by atoms with Crippen molar-refractivity contribution in [2.24, 2.45) is 0 Å². The Kier molecular flexibility index (Phi) is 4.28. The number of hydrogen-bond acceptors (Lipinski definition) is 5. The Morgan fingerprint density at radius 3 is 2.90 bits per heavy atom. The van der Waals surface area contributed by atoms with Crippen molar-refractivity contribution in [2.45, 2.75) is 13.3 Å². The number of hydrogen-bond donors (Lipinski definition) is 1. The number of halogens is 1. The van der Waals surface area contributed by atoms with Gasteiger partial charge in [-0.25, -0.2) is 9.97 Å². The van der Waals surface area contributed by atoms with E-state index in [9.17, 15) is 4.79 Å². The highest BCUT2D eigenvalue weighted by Gasteiger charge is 2.10. The first-order chi connectivity index (χ1) is 9.63. The quantitative estimate of drug-likeness (QED) is 0.872. The van der Waals surface area contributed by atoms with Crippen molar-refractivity contribution in [3.8, 4) is 6.07 Å². The van der Waals surface area contributed by atoms with Crippen LogP contribution in [0.15, 0.2) is 30.5 Å². The predicted octanol–water partition coefficient (Wildman–Crippen LogP) is 3.34. The van der Waals surface area contributed by atoms with E-state index in [-0.39, 0.29) is 5.78 Å². The summed E-state index contributed by atoms with van der Waals surface area (Å²) in [6.45, 7) is 1.77.